The fraction of sp³-hybridized carbons (Fsp3) is 0. The lowest BCUT2D eigenvalue weighted by atomic mass is 10.3. The third-order valence-electron chi connectivity index (χ3n) is 2.34. The fourth-order valence-corrected chi connectivity index (χ4v) is 3.11. The molecule has 0 aliphatic heterocycles. The van der Waals surface area contributed by atoms with E-state index in [1.165, 1.54) is 24.3 Å². The van der Waals surface area contributed by atoms with E-state index in [4.69, 9.17) is 5.73 Å². The first kappa shape index (κ1) is 13.8. The summed E-state index contributed by atoms with van der Waals surface area (Å²) in [6.45, 7) is 0. The standard InChI is InChI=1S/C12H10BrFN2O2S/c13-8-2-1-3-10(6-8)19(17,18)16-12-7-9(15)4-5-11(12)14/h1-7,16H,15H2. The van der Waals surface area contributed by atoms with E-state index in [0.717, 1.165) is 6.07 Å². The number of rotatable bonds is 3. The molecule has 2 rings (SSSR count). The Bertz CT molecular complexity index is 719. The predicted molar refractivity (Wildman–Crippen MR) is 75.8 cm³/mol. The molecule has 0 bridgehead atoms. The molecule has 0 aliphatic rings. The van der Waals surface area contributed by atoms with Crippen molar-refractivity contribution in [3.8, 4) is 0 Å². The van der Waals surface area contributed by atoms with Gasteiger partial charge in [-0.05, 0) is 36.4 Å². The number of sulfonamides is 1. The highest BCUT2D eigenvalue weighted by Crippen LogP contribution is 2.23. The maximum Gasteiger partial charge on any atom is 0.262 e. The van der Waals surface area contributed by atoms with E-state index in [2.05, 4.69) is 20.7 Å². The zero-order valence-corrected chi connectivity index (χ0v) is 12.0. The quantitative estimate of drug-likeness (QED) is 0.840. The molecule has 0 aromatic heterocycles. The van der Waals surface area contributed by atoms with Crippen LogP contribution < -0.4 is 10.5 Å². The molecule has 0 aliphatic carbocycles. The summed E-state index contributed by atoms with van der Waals surface area (Å²) in [4.78, 5) is 0.0312. The molecule has 0 fully saturated rings. The Kier molecular flexibility index (Phi) is 3.77. The van der Waals surface area contributed by atoms with Gasteiger partial charge in [-0.15, -0.1) is 0 Å². The van der Waals surface area contributed by atoms with Crippen molar-refractivity contribution in [3.63, 3.8) is 0 Å². The largest absolute Gasteiger partial charge is 0.399 e. The van der Waals surface area contributed by atoms with Gasteiger partial charge in [-0.2, -0.15) is 0 Å². The summed E-state index contributed by atoms with van der Waals surface area (Å²) in [5, 5.41) is 0. The molecule has 0 unspecified atom stereocenters. The minimum Gasteiger partial charge on any atom is -0.399 e. The van der Waals surface area contributed by atoms with Gasteiger partial charge in [-0.25, -0.2) is 12.8 Å². The molecule has 0 amide bonds. The highest BCUT2D eigenvalue weighted by atomic mass is 79.9. The molecule has 100 valence electrons. The van der Waals surface area contributed by atoms with Crippen LogP contribution in [0, 0.1) is 5.82 Å². The van der Waals surface area contributed by atoms with Crippen LogP contribution in [0.4, 0.5) is 15.8 Å². The summed E-state index contributed by atoms with van der Waals surface area (Å²) in [6.07, 6.45) is 0. The molecule has 7 heteroatoms. The van der Waals surface area contributed by atoms with Gasteiger partial charge in [0.05, 0.1) is 10.6 Å². The van der Waals surface area contributed by atoms with Crippen LogP contribution >= 0.6 is 15.9 Å². The minimum absolute atomic E-state index is 0.0312. The third kappa shape index (κ3) is 3.24. The Morgan fingerprint density at radius 1 is 1.16 bits per heavy atom. The van der Waals surface area contributed by atoms with Crippen LogP contribution in [0.3, 0.4) is 0 Å². The Morgan fingerprint density at radius 2 is 1.89 bits per heavy atom. The molecule has 3 N–H and O–H groups in total. The van der Waals surface area contributed by atoms with Crippen LogP contribution in [0.25, 0.3) is 0 Å². The predicted octanol–water partition coefficient (Wildman–Crippen LogP) is 2.97. The molecule has 19 heavy (non-hydrogen) atoms. The van der Waals surface area contributed by atoms with Crippen molar-refractivity contribution in [1.29, 1.82) is 0 Å². The van der Waals surface area contributed by atoms with Crippen LogP contribution in [0.1, 0.15) is 0 Å². The van der Waals surface area contributed by atoms with E-state index in [-0.39, 0.29) is 16.3 Å². The van der Waals surface area contributed by atoms with Crippen LogP contribution in [-0.4, -0.2) is 8.42 Å². The zero-order valence-electron chi connectivity index (χ0n) is 9.60. The van der Waals surface area contributed by atoms with E-state index in [1.54, 1.807) is 12.1 Å². The maximum absolute atomic E-state index is 13.5. The molecule has 0 saturated carbocycles. The molecule has 0 radical (unpaired) electrons. The first-order valence-corrected chi connectivity index (χ1v) is 7.49. The summed E-state index contributed by atoms with van der Waals surface area (Å²) in [5.74, 6) is -0.687. The smallest absolute Gasteiger partial charge is 0.262 e. The number of nitrogens with two attached hydrogens (primary N) is 1. The number of benzene rings is 2. The zero-order chi connectivity index (χ0) is 14.0. The summed E-state index contributed by atoms with van der Waals surface area (Å²) >= 11 is 3.18. The Balaban J connectivity index is 2.39. The SMILES string of the molecule is Nc1ccc(F)c(NS(=O)(=O)c2cccc(Br)c2)c1. The molecule has 0 saturated heterocycles. The van der Waals surface area contributed by atoms with Crippen molar-refractivity contribution in [2.75, 3.05) is 10.5 Å². The van der Waals surface area contributed by atoms with Crippen LogP contribution in [0.15, 0.2) is 51.8 Å². The monoisotopic (exact) mass is 344 g/mol. The van der Waals surface area contributed by atoms with Crippen molar-refractivity contribution in [1.82, 2.24) is 0 Å². The third-order valence-corrected chi connectivity index (χ3v) is 4.20. The average molecular weight is 345 g/mol. The van der Waals surface area contributed by atoms with Gasteiger partial charge in [0.25, 0.3) is 10.0 Å². The normalized spacial score (nSPS) is 11.3. The highest BCUT2D eigenvalue weighted by molar-refractivity contribution is 9.10. The summed E-state index contributed by atoms with van der Waals surface area (Å²) in [6, 6.07) is 9.80. The fourth-order valence-electron chi connectivity index (χ4n) is 1.46. The highest BCUT2D eigenvalue weighted by Gasteiger charge is 2.16. The Morgan fingerprint density at radius 3 is 2.58 bits per heavy atom. The molecular formula is C12H10BrFN2O2S. The van der Waals surface area contributed by atoms with E-state index in [9.17, 15) is 12.8 Å². The second-order valence-electron chi connectivity index (χ2n) is 3.80. The number of anilines is 2. The molecule has 2 aromatic rings. The lowest BCUT2D eigenvalue weighted by molar-refractivity contribution is 0.598. The topological polar surface area (TPSA) is 72.2 Å². The maximum atomic E-state index is 13.5. The Labute approximate surface area is 118 Å². The number of halogens is 2. The lowest BCUT2D eigenvalue weighted by Crippen LogP contribution is -2.14. The first-order valence-electron chi connectivity index (χ1n) is 5.22. The van der Waals surface area contributed by atoms with Crippen molar-refractivity contribution < 1.29 is 12.8 Å². The second kappa shape index (κ2) is 5.18. The van der Waals surface area contributed by atoms with E-state index in [1.807, 2.05) is 0 Å². The van der Waals surface area contributed by atoms with Gasteiger partial charge in [-0.3, -0.25) is 4.72 Å². The molecule has 2 aromatic carbocycles. The second-order valence-corrected chi connectivity index (χ2v) is 6.40. The van der Waals surface area contributed by atoms with Crippen LogP contribution in [-0.2, 0) is 10.0 Å². The van der Waals surface area contributed by atoms with E-state index in [0.29, 0.717) is 4.47 Å². The lowest BCUT2D eigenvalue weighted by Gasteiger charge is -2.09. The average Bonchev–Trinajstić information content (AvgIpc) is 2.33. The minimum atomic E-state index is -3.85. The van der Waals surface area contributed by atoms with Crippen molar-refractivity contribution in [3.05, 3.63) is 52.8 Å². The van der Waals surface area contributed by atoms with Crippen molar-refractivity contribution in [2.24, 2.45) is 0 Å². The van der Waals surface area contributed by atoms with Gasteiger partial charge in [0.2, 0.25) is 0 Å². The van der Waals surface area contributed by atoms with Crippen LogP contribution in [0.5, 0.6) is 0 Å². The molecular weight excluding hydrogens is 335 g/mol. The van der Waals surface area contributed by atoms with Gasteiger partial charge in [0.15, 0.2) is 0 Å². The van der Waals surface area contributed by atoms with Gasteiger partial charge in [0.1, 0.15) is 5.82 Å². The molecule has 0 atom stereocenters. The Hall–Kier alpha value is -1.60. The number of nitrogens with one attached hydrogen (secondary N) is 1. The van der Waals surface area contributed by atoms with Gasteiger partial charge >= 0.3 is 0 Å². The van der Waals surface area contributed by atoms with Gasteiger partial charge < -0.3 is 5.73 Å². The summed E-state index contributed by atoms with van der Waals surface area (Å²) < 4.78 is 40.4. The molecule has 0 spiro atoms. The van der Waals surface area contributed by atoms with Gasteiger partial charge in [-0.1, -0.05) is 22.0 Å². The van der Waals surface area contributed by atoms with E-state index < -0.39 is 15.8 Å². The van der Waals surface area contributed by atoms with Crippen molar-refractivity contribution in [2.45, 2.75) is 4.90 Å². The summed E-state index contributed by atoms with van der Waals surface area (Å²) in [7, 11) is -3.85. The van der Waals surface area contributed by atoms with Crippen LogP contribution in [0.2, 0.25) is 0 Å². The molecule has 4 nitrogen and oxygen atoms in total. The number of hydrogen-bond donors (Lipinski definition) is 2. The first-order chi connectivity index (χ1) is 8.88. The number of hydrogen-bond acceptors (Lipinski definition) is 3. The van der Waals surface area contributed by atoms with Gasteiger partial charge in [0, 0.05) is 10.2 Å². The molecule has 0 heterocycles. The number of nitrogen functional groups attached to an aromatic ring is 1. The van der Waals surface area contributed by atoms with Crippen molar-refractivity contribution >= 4 is 37.3 Å². The van der Waals surface area contributed by atoms with E-state index >= 15 is 0 Å². The summed E-state index contributed by atoms with van der Waals surface area (Å²) in [5.41, 5.74) is 5.59.